The zero-order valence-corrected chi connectivity index (χ0v) is 14.3. The van der Waals surface area contributed by atoms with Crippen LogP contribution in [-0.4, -0.2) is 31.0 Å². The molecule has 0 unspecified atom stereocenters. The molecular formula is C17H13N5O3S. The molecule has 1 N–H and O–H groups in total. The molecule has 0 spiro atoms. The molecule has 0 aliphatic heterocycles. The Labute approximate surface area is 151 Å². The minimum absolute atomic E-state index is 0.241. The predicted molar refractivity (Wildman–Crippen MR) is 95.9 cm³/mol. The Morgan fingerprint density at radius 2 is 2.04 bits per heavy atom. The van der Waals surface area contributed by atoms with Crippen LogP contribution in [-0.2, 0) is 6.54 Å². The van der Waals surface area contributed by atoms with Crippen molar-refractivity contribution in [1.29, 1.82) is 0 Å². The van der Waals surface area contributed by atoms with E-state index in [-0.39, 0.29) is 24.6 Å². The Morgan fingerprint density at radius 3 is 2.88 bits per heavy atom. The summed E-state index contributed by atoms with van der Waals surface area (Å²) in [6.45, 7) is 0.514. The Hall–Kier alpha value is -3.33. The van der Waals surface area contributed by atoms with Crippen LogP contribution in [0.4, 0.5) is 0 Å². The highest BCUT2D eigenvalue weighted by molar-refractivity contribution is 7.00. The fourth-order valence-electron chi connectivity index (χ4n) is 2.47. The molecular weight excluding hydrogens is 354 g/mol. The largest absolute Gasteiger partial charge is 0.463 e. The number of furan rings is 1. The minimum atomic E-state index is -0.246. The van der Waals surface area contributed by atoms with E-state index in [1.165, 1.54) is 10.7 Å². The van der Waals surface area contributed by atoms with Gasteiger partial charge in [0.1, 0.15) is 16.7 Å². The predicted octanol–water partition coefficient (Wildman–Crippen LogP) is 1.94. The van der Waals surface area contributed by atoms with Gasteiger partial charge in [-0.25, -0.2) is 4.68 Å². The van der Waals surface area contributed by atoms with E-state index in [2.05, 4.69) is 19.2 Å². The topological polar surface area (TPSA) is 103 Å². The summed E-state index contributed by atoms with van der Waals surface area (Å²) in [7, 11) is 0. The second kappa shape index (κ2) is 6.89. The molecule has 26 heavy (non-hydrogen) atoms. The number of carbonyl (C=O) groups is 1. The highest BCUT2D eigenvalue weighted by Gasteiger charge is 2.09. The molecule has 0 saturated carbocycles. The van der Waals surface area contributed by atoms with Crippen LogP contribution in [0.5, 0.6) is 0 Å². The molecule has 8 nitrogen and oxygen atoms in total. The standard InChI is InChI=1S/C17H13N5O3S/c23-16-6-5-13(15-2-1-9-25-15)19-22(16)8-7-18-17(24)11-3-4-12-14(10-11)21-26-20-12/h1-6,9-10H,7-8H2,(H,18,24). The molecule has 0 bridgehead atoms. The number of amides is 1. The summed E-state index contributed by atoms with van der Waals surface area (Å²) in [5.74, 6) is 0.336. The number of fused-ring (bicyclic) bond motifs is 1. The van der Waals surface area contributed by atoms with Crippen molar-refractivity contribution in [2.75, 3.05) is 6.54 Å². The smallest absolute Gasteiger partial charge is 0.266 e. The van der Waals surface area contributed by atoms with Gasteiger partial charge in [-0.05, 0) is 36.4 Å². The van der Waals surface area contributed by atoms with Crippen molar-refractivity contribution < 1.29 is 9.21 Å². The molecule has 0 fully saturated rings. The van der Waals surface area contributed by atoms with Gasteiger partial charge in [-0.15, -0.1) is 0 Å². The number of aromatic nitrogens is 4. The molecule has 1 aromatic carbocycles. The van der Waals surface area contributed by atoms with E-state index >= 15 is 0 Å². The average molecular weight is 367 g/mol. The maximum absolute atomic E-state index is 12.3. The lowest BCUT2D eigenvalue weighted by atomic mass is 10.2. The van der Waals surface area contributed by atoms with Crippen LogP contribution < -0.4 is 10.9 Å². The summed E-state index contributed by atoms with van der Waals surface area (Å²) in [4.78, 5) is 24.2. The Balaban J connectivity index is 1.43. The van der Waals surface area contributed by atoms with Gasteiger partial charge >= 0.3 is 0 Å². The molecule has 0 radical (unpaired) electrons. The third-order valence-electron chi connectivity index (χ3n) is 3.77. The van der Waals surface area contributed by atoms with Crippen LogP contribution in [0.15, 0.2) is 57.9 Å². The van der Waals surface area contributed by atoms with Crippen LogP contribution in [0, 0.1) is 0 Å². The lowest BCUT2D eigenvalue weighted by Crippen LogP contribution is -2.31. The summed E-state index contributed by atoms with van der Waals surface area (Å²) >= 11 is 1.10. The normalized spacial score (nSPS) is 10.9. The first-order valence-electron chi connectivity index (χ1n) is 7.83. The maximum atomic E-state index is 12.3. The zero-order valence-electron chi connectivity index (χ0n) is 13.5. The lowest BCUT2D eigenvalue weighted by molar-refractivity contribution is 0.0952. The average Bonchev–Trinajstić information content (AvgIpc) is 3.34. The van der Waals surface area contributed by atoms with Crippen LogP contribution in [0.1, 0.15) is 10.4 Å². The Bertz CT molecular complexity index is 1120. The van der Waals surface area contributed by atoms with E-state index in [1.54, 1.807) is 42.7 Å². The summed E-state index contributed by atoms with van der Waals surface area (Å²) < 4.78 is 14.8. The summed E-state index contributed by atoms with van der Waals surface area (Å²) in [6.07, 6.45) is 1.54. The summed E-state index contributed by atoms with van der Waals surface area (Å²) in [5.41, 5.74) is 2.26. The van der Waals surface area contributed by atoms with Crippen molar-refractivity contribution in [2.45, 2.75) is 6.54 Å². The molecule has 9 heteroatoms. The highest BCUT2D eigenvalue weighted by atomic mass is 32.1. The van der Waals surface area contributed by atoms with Gasteiger partial charge in [0.2, 0.25) is 0 Å². The number of rotatable bonds is 5. The lowest BCUT2D eigenvalue weighted by Gasteiger charge is -2.08. The molecule has 1 amide bonds. The van der Waals surface area contributed by atoms with Crippen LogP contribution in [0.3, 0.4) is 0 Å². The van der Waals surface area contributed by atoms with Crippen molar-refractivity contribution in [3.8, 4) is 11.5 Å². The molecule has 0 aliphatic carbocycles. The quantitative estimate of drug-likeness (QED) is 0.578. The van der Waals surface area contributed by atoms with Crippen molar-refractivity contribution in [3.63, 3.8) is 0 Å². The fourth-order valence-corrected chi connectivity index (χ4v) is 2.98. The van der Waals surface area contributed by atoms with Gasteiger partial charge in [-0.3, -0.25) is 9.59 Å². The van der Waals surface area contributed by atoms with Crippen LogP contribution in [0.2, 0.25) is 0 Å². The molecule has 0 atom stereocenters. The van der Waals surface area contributed by atoms with Crippen LogP contribution in [0.25, 0.3) is 22.5 Å². The number of nitrogens with zero attached hydrogens (tertiary/aromatic N) is 4. The Kier molecular flexibility index (Phi) is 4.28. The monoisotopic (exact) mass is 367 g/mol. The molecule has 3 aromatic heterocycles. The van der Waals surface area contributed by atoms with E-state index < -0.39 is 0 Å². The van der Waals surface area contributed by atoms with Gasteiger partial charge in [0, 0.05) is 18.2 Å². The van der Waals surface area contributed by atoms with Crippen molar-refractivity contribution in [3.05, 3.63) is 64.6 Å². The number of hydrogen-bond donors (Lipinski definition) is 1. The number of hydrogen-bond acceptors (Lipinski definition) is 7. The molecule has 0 aliphatic rings. The SMILES string of the molecule is O=C(NCCn1nc(-c2ccco2)ccc1=O)c1ccc2nsnc2c1. The maximum Gasteiger partial charge on any atom is 0.266 e. The second-order valence-electron chi connectivity index (χ2n) is 5.48. The van der Waals surface area contributed by atoms with Crippen molar-refractivity contribution in [1.82, 2.24) is 23.8 Å². The second-order valence-corrected chi connectivity index (χ2v) is 6.01. The van der Waals surface area contributed by atoms with E-state index in [0.717, 1.165) is 17.2 Å². The highest BCUT2D eigenvalue weighted by Crippen LogP contribution is 2.15. The third-order valence-corrected chi connectivity index (χ3v) is 4.32. The Morgan fingerprint density at radius 1 is 1.15 bits per heavy atom. The van der Waals surface area contributed by atoms with E-state index in [9.17, 15) is 9.59 Å². The first-order chi connectivity index (χ1) is 12.7. The first-order valence-corrected chi connectivity index (χ1v) is 8.56. The van der Waals surface area contributed by atoms with Gasteiger partial charge in [-0.2, -0.15) is 13.8 Å². The van der Waals surface area contributed by atoms with E-state index in [4.69, 9.17) is 4.42 Å². The summed E-state index contributed by atoms with van der Waals surface area (Å²) in [6, 6.07) is 11.7. The molecule has 130 valence electrons. The van der Waals surface area contributed by atoms with Crippen LogP contribution >= 0.6 is 11.7 Å². The minimum Gasteiger partial charge on any atom is -0.463 e. The van der Waals surface area contributed by atoms with E-state index in [0.29, 0.717) is 22.5 Å². The zero-order chi connectivity index (χ0) is 17.9. The molecule has 4 rings (SSSR count). The number of carbonyl (C=O) groups excluding carboxylic acids is 1. The fraction of sp³-hybridized carbons (Fsp3) is 0.118. The van der Waals surface area contributed by atoms with Gasteiger partial charge in [-0.1, -0.05) is 0 Å². The molecule has 0 saturated heterocycles. The van der Waals surface area contributed by atoms with Gasteiger partial charge in [0.15, 0.2) is 5.76 Å². The first kappa shape index (κ1) is 16.2. The van der Waals surface area contributed by atoms with Crippen molar-refractivity contribution >= 4 is 28.7 Å². The summed E-state index contributed by atoms with van der Waals surface area (Å²) in [5, 5.41) is 7.04. The molecule has 3 heterocycles. The van der Waals surface area contributed by atoms with E-state index in [1.807, 2.05) is 0 Å². The van der Waals surface area contributed by atoms with Gasteiger partial charge < -0.3 is 9.73 Å². The number of nitrogens with one attached hydrogen (secondary N) is 1. The third kappa shape index (κ3) is 3.24. The molecule has 4 aromatic rings. The number of benzene rings is 1. The van der Waals surface area contributed by atoms with Gasteiger partial charge in [0.25, 0.3) is 11.5 Å². The van der Waals surface area contributed by atoms with Gasteiger partial charge in [0.05, 0.1) is 24.5 Å². The van der Waals surface area contributed by atoms with Crippen molar-refractivity contribution in [2.24, 2.45) is 0 Å².